The van der Waals surface area contributed by atoms with Crippen LogP contribution in [-0.4, -0.2) is 6.72 Å². The van der Waals surface area contributed by atoms with Crippen LogP contribution in [0, 0.1) is 0 Å². The summed E-state index contributed by atoms with van der Waals surface area (Å²) >= 11 is 0. The lowest BCUT2D eigenvalue weighted by atomic mass is 10.2. The Morgan fingerprint density at radius 1 is 1.22 bits per heavy atom. The second-order valence-electron chi connectivity index (χ2n) is 1.87. The third-order valence-corrected chi connectivity index (χ3v) is 1.14. The Kier molecular flexibility index (Phi) is 2.02. The van der Waals surface area contributed by atoms with Gasteiger partial charge in [0, 0.05) is 0 Å². The number of benzene rings is 1. The molecular formula is C8H9N. The Balaban J connectivity index is 2.72. The molecule has 1 heteroatoms. The van der Waals surface area contributed by atoms with Crippen molar-refractivity contribution in [2.24, 2.45) is 4.99 Å². The first kappa shape index (κ1) is 6.02. The average molecular weight is 119 g/mol. The van der Waals surface area contributed by atoms with Gasteiger partial charge in [-0.25, -0.2) is 0 Å². The van der Waals surface area contributed by atoms with Gasteiger partial charge in [0.25, 0.3) is 0 Å². The van der Waals surface area contributed by atoms with Gasteiger partial charge in [-0.3, -0.25) is 4.99 Å². The first-order valence-corrected chi connectivity index (χ1v) is 2.90. The Bertz CT molecular complexity index is 179. The molecule has 0 atom stereocenters. The highest BCUT2D eigenvalue weighted by Gasteiger charge is 1.82. The highest BCUT2D eigenvalue weighted by molar-refractivity contribution is 5.25. The topological polar surface area (TPSA) is 12.4 Å². The lowest BCUT2D eigenvalue weighted by Crippen LogP contribution is -1.76. The van der Waals surface area contributed by atoms with Crippen molar-refractivity contribution in [3.05, 3.63) is 35.9 Å². The van der Waals surface area contributed by atoms with Crippen LogP contribution in [0.3, 0.4) is 0 Å². The Morgan fingerprint density at radius 3 is 2.44 bits per heavy atom. The lowest BCUT2D eigenvalue weighted by molar-refractivity contribution is 1.08. The van der Waals surface area contributed by atoms with Gasteiger partial charge in [0.1, 0.15) is 0 Å². The molecule has 1 nitrogen and oxygen atoms in total. The normalized spacial score (nSPS) is 8.89. The Labute approximate surface area is 55.1 Å². The van der Waals surface area contributed by atoms with Gasteiger partial charge in [-0.2, -0.15) is 0 Å². The SMILES string of the molecule is C=NCc1ccccc1. The van der Waals surface area contributed by atoms with E-state index in [1.165, 1.54) is 5.56 Å². The fourth-order valence-electron chi connectivity index (χ4n) is 0.713. The van der Waals surface area contributed by atoms with E-state index in [4.69, 9.17) is 0 Å². The molecule has 0 aliphatic heterocycles. The van der Waals surface area contributed by atoms with E-state index in [9.17, 15) is 0 Å². The van der Waals surface area contributed by atoms with Gasteiger partial charge in [0.2, 0.25) is 0 Å². The van der Waals surface area contributed by atoms with E-state index in [1.807, 2.05) is 30.3 Å². The van der Waals surface area contributed by atoms with Crippen LogP contribution in [0.25, 0.3) is 0 Å². The quantitative estimate of drug-likeness (QED) is 0.527. The van der Waals surface area contributed by atoms with Crippen LogP contribution in [0.5, 0.6) is 0 Å². The lowest BCUT2D eigenvalue weighted by Gasteiger charge is -1.90. The van der Waals surface area contributed by atoms with Crippen LogP contribution < -0.4 is 0 Å². The summed E-state index contributed by atoms with van der Waals surface area (Å²) < 4.78 is 0. The summed E-state index contributed by atoms with van der Waals surface area (Å²) in [5.41, 5.74) is 1.22. The molecule has 0 amide bonds. The Morgan fingerprint density at radius 2 is 1.89 bits per heavy atom. The predicted molar refractivity (Wildman–Crippen MR) is 39.7 cm³/mol. The van der Waals surface area contributed by atoms with Crippen molar-refractivity contribution < 1.29 is 0 Å². The van der Waals surface area contributed by atoms with Gasteiger partial charge >= 0.3 is 0 Å². The van der Waals surface area contributed by atoms with Gasteiger partial charge in [-0.15, -0.1) is 0 Å². The summed E-state index contributed by atoms with van der Waals surface area (Å²) in [6.07, 6.45) is 0. The van der Waals surface area contributed by atoms with E-state index in [0.717, 1.165) is 6.54 Å². The van der Waals surface area contributed by atoms with Gasteiger partial charge in [0.05, 0.1) is 6.54 Å². The van der Waals surface area contributed by atoms with Crippen molar-refractivity contribution in [2.45, 2.75) is 6.54 Å². The van der Waals surface area contributed by atoms with E-state index >= 15 is 0 Å². The summed E-state index contributed by atoms with van der Waals surface area (Å²) in [4.78, 5) is 3.76. The smallest absolute Gasteiger partial charge is 0.0632 e. The minimum absolute atomic E-state index is 0.723. The van der Waals surface area contributed by atoms with Crippen LogP contribution >= 0.6 is 0 Å². The van der Waals surface area contributed by atoms with Crippen molar-refractivity contribution in [1.82, 2.24) is 0 Å². The molecule has 0 heterocycles. The molecule has 1 rings (SSSR count). The van der Waals surface area contributed by atoms with Gasteiger partial charge in [-0.05, 0) is 12.3 Å². The van der Waals surface area contributed by atoms with Gasteiger partial charge < -0.3 is 0 Å². The largest absolute Gasteiger partial charge is 0.296 e. The molecule has 1 aromatic carbocycles. The summed E-state index contributed by atoms with van der Waals surface area (Å²) in [7, 11) is 0. The Hall–Kier alpha value is -1.11. The molecule has 0 aromatic heterocycles. The zero-order valence-corrected chi connectivity index (χ0v) is 5.25. The molecule has 0 aliphatic carbocycles. The summed E-state index contributed by atoms with van der Waals surface area (Å²) in [6, 6.07) is 10.1. The summed E-state index contributed by atoms with van der Waals surface area (Å²) in [5.74, 6) is 0. The van der Waals surface area contributed by atoms with Crippen molar-refractivity contribution in [1.29, 1.82) is 0 Å². The third kappa shape index (κ3) is 1.68. The molecule has 1 aromatic rings. The maximum absolute atomic E-state index is 3.76. The number of aliphatic imine (C=N–C) groups is 1. The third-order valence-electron chi connectivity index (χ3n) is 1.14. The van der Waals surface area contributed by atoms with Gasteiger partial charge in [-0.1, -0.05) is 30.3 Å². The maximum atomic E-state index is 3.76. The van der Waals surface area contributed by atoms with Crippen molar-refractivity contribution in [3.8, 4) is 0 Å². The molecule has 0 fully saturated rings. The van der Waals surface area contributed by atoms with E-state index in [-0.39, 0.29) is 0 Å². The van der Waals surface area contributed by atoms with Crippen molar-refractivity contribution in [3.63, 3.8) is 0 Å². The number of hydrogen-bond acceptors (Lipinski definition) is 1. The minimum atomic E-state index is 0.723. The molecule has 0 aliphatic rings. The molecule has 0 saturated heterocycles. The predicted octanol–water partition coefficient (Wildman–Crippen LogP) is 1.89. The molecule has 0 saturated carbocycles. The van der Waals surface area contributed by atoms with E-state index in [2.05, 4.69) is 11.7 Å². The molecular weight excluding hydrogens is 110 g/mol. The average Bonchev–Trinajstić information content (AvgIpc) is 1.91. The fourth-order valence-corrected chi connectivity index (χ4v) is 0.713. The van der Waals surface area contributed by atoms with E-state index in [0.29, 0.717) is 0 Å². The van der Waals surface area contributed by atoms with Crippen molar-refractivity contribution in [2.75, 3.05) is 0 Å². The molecule has 46 valence electrons. The van der Waals surface area contributed by atoms with Gasteiger partial charge in [0.15, 0.2) is 0 Å². The number of hydrogen-bond donors (Lipinski definition) is 0. The number of nitrogens with zero attached hydrogens (tertiary/aromatic N) is 1. The second-order valence-corrected chi connectivity index (χ2v) is 1.87. The molecule has 9 heavy (non-hydrogen) atoms. The maximum Gasteiger partial charge on any atom is 0.0632 e. The second kappa shape index (κ2) is 3.02. The van der Waals surface area contributed by atoms with Crippen LogP contribution in [0.2, 0.25) is 0 Å². The molecule has 0 bridgehead atoms. The summed E-state index contributed by atoms with van der Waals surface area (Å²) in [5, 5.41) is 0. The zero-order valence-electron chi connectivity index (χ0n) is 5.25. The standard InChI is InChI=1S/C8H9N/c1-9-7-8-5-3-2-4-6-8/h2-6H,1,7H2. The molecule has 0 radical (unpaired) electrons. The van der Waals surface area contributed by atoms with Crippen LogP contribution in [0.1, 0.15) is 5.56 Å². The van der Waals surface area contributed by atoms with Crippen LogP contribution in [0.15, 0.2) is 35.3 Å². The summed E-state index contributed by atoms with van der Waals surface area (Å²) in [6.45, 7) is 4.13. The molecule has 0 unspecified atom stereocenters. The van der Waals surface area contributed by atoms with Crippen LogP contribution in [-0.2, 0) is 6.54 Å². The first-order chi connectivity index (χ1) is 4.43. The molecule has 0 N–H and O–H groups in total. The highest BCUT2D eigenvalue weighted by Crippen LogP contribution is 1.98. The molecule has 0 spiro atoms. The number of rotatable bonds is 2. The highest BCUT2D eigenvalue weighted by atomic mass is 14.7. The van der Waals surface area contributed by atoms with Crippen LogP contribution in [0.4, 0.5) is 0 Å². The zero-order chi connectivity index (χ0) is 6.53. The van der Waals surface area contributed by atoms with E-state index < -0.39 is 0 Å². The minimum Gasteiger partial charge on any atom is -0.296 e. The fraction of sp³-hybridized carbons (Fsp3) is 0.125. The van der Waals surface area contributed by atoms with E-state index in [1.54, 1.807) is 0 Å². The first-order valence-electron chi connectivity index (χ1n) is 2.90. The monoisotopic (exact) mass is 119 g/mol. The van der Waals surface area contributed by atoms with Crippen molar-refractivity contribution >= 4 is 6.72 Å².